The number of carbonyl (C=O) groups excluding carboxylic acids is 1. The van der Waals surface area contributed by atoms with E-state index in [-0.39, 0.29) is 17.2 Å². The lowest BCUT2D eigenvalue weighted by atomic mass is 10.1. The molecular weight excluding hydrogens is 361 g/mol. The van der Waals surface area contributed by atoms with Gasteiger partial charge in [-0.2, -0.15) is 0 Å². The van der Waals surface area contributed by atoms with Crippen LogP contribution < -0.4 is 5.32 Å². The van der Waals surface area contributed by atoms with Gasteiger partial charge >= 0.3 is 0 Å². The zero-order valence-corrected chi connectivity index (χ0v) is 15.4. The number of halogens is 2. The lowest BCUT2D eigenvalue weighted by Crippen LogP contribution is -2.33. The van der Waals surface area contributed by atoms with Crippen molar-refractivity contribution in [1.82, 2.24) is 15.5 Å². The van der Waals surface area contributed by atoms with Gasteiger partial charge in [0.1, 0.15) is 5.01 Å². The molecule has 1 heterocycles. The summed E-state index contributed by atoms with van der Waals surface area (Å²) in [5, 5.41) is 12.6. The van der Waals surface area contributed by atoms with Crippen LogP contribution >= 0.6 is 46.3 Å². The number of hydrogen-bond acceptors (Lipinski definition) is 5. The van der Waals surface area contributed by atoms with Crippen molar-refractivity contribution in [2.45, 2.75) is 36.4 Å². The van der Waals surface area contributed by atoms with E-state index in [1.165, 1.54) is 23.1 Å². The van der Waals surface area contributed by atoms with E-state index in [9.17, 15) is 4.79 Å². The maximum absolute atomic E-state index is 12.3. The maximum Gasteiger partial charge on any atom is 0.233 e. The van der Waals surface area contributed by atoms with E-state index in [0.29, 0.717) is 10.0 Å². The van der Waals surface area contributed by atoms with Crippen molar-refractivity contribution in [1.29, 1.82) is 0 Å². The van der Waals surface area contributed by atoms with Gasteiger partial charge < -0.3 is 5.32 Å². The molecule has 22 heavy (non-hydrogen) atoms. The molecule has 4 nitrogen and oxygen atoms in total. The van der Waals surface area contributed by atoms with Crippen LogP contribution in [0.25, 0.3) is 0 Å². The molecule has 0 saturated carbocycles. The molecule has 2 atom stereocenters. The minimum Gasteiger partial charge on any atom is -0.349 e. The summed E-state index contributed by atoms with van der Waals surface area (Å²) in [5.74, 6) is -0.0728. The Bertz CT molecular complexity index is 678. The Labute approximate surface area is 147 Å². The minimum absolute atomic E-state index is 0.0728. The van der Waals surface area contributed by atoms with Crippen LogP contribution in [0.15, 0.2) is 22.5 Å². The standard InChI is InChI=1S/C14H15Cl2N3OS2/c1-7(11-5-4-10(15)6-12(11)16)17-13(20)8(2)21-14-19-18-9(3)22-14/h4-8H,1-3H3,(H,17,20)/t7-,8+/m1/s1. The number of hydrogen-bond donors (Lipinski definition) is 1. The van der Waals surface area contributed by atoms with Gasteiger partial charge in [0.05, 0.1) is 11.3 Å². The summed E-state index contributed by atoms with van der Waals surface area (Å²) in [5.41, 5.74) is 0.836. The van der Waals surface area contributed by atoms with Gasteiger partial charge in [0.25, 0.3) is 0 Å². The topological polar surface area (TPSA) is 54.9 Å². The van der Waals surface area contributed by atoms with Crippen LogP contribution in [0.3, 0.4) is 0 Å². The number of benzene rings is 1. The Balaban J connectivity index is 1.98. The number of rotatable bonds is 5. The first-order valence-electron chi connectivity index (χ1n) is 6.59. The van der Waals surface area contributed by atoms with E-state index >= 15 is 0 Å². The first-order valence-corrected chi connectivity index (χ1v) is 9.04. The lowest BCUT2D eigenvalue weighted by molar-refractivity contribution is -0.120. The Kier molecular flexibility index (Phi) is 6.09. The van der Waals surface area contributed by atoms with Gasteiger partial charge in [0.2, 0.25) is 5.91 Å². The molecule has 8 heteroatoms. The Morgan fingerprint density at radius 1 is 1.32 bits per heavy atom. The van der Waals surface area contributed by atoms with Gasteiger partial charge in [0, 0.05) is 10.0 Å². The molecule has 1 N–H and O–H groups in total. The number of amides is 1. The van der Waals surface area contributed by atoms with Crippen molar-refractivity contribution in [2.24, 2.45) is 0 Å². The van der Waals surface area contributed by atoms with Gasteiger partial charge in [-0.25, -0.2) is 0 Å². The average molecular weight is 376 g/mol. The average Bonchev–Trinajstić information content (AvgIpc) is 2.83. The number of carbonyl (C=O) groups is 1. The van der Waals surface area contributed by atoms with Crippen molar-refractivity contribution in [3.63, 3.8) is 0 Å². The second-order valence-electron chi connectivity index (χ2n) is 4.74. The molecule has 0 aliphatic heterocycles. The molecule has 0 radical (unpaired) electrons. The smallest absolute Gasteiger partial charge is 0.233 e. The number of nitrogens with zero attached hydrogens (tertiary/aromatic N) is 2. The minimum atomic E-state index is -0.263. The molecular formula is C14H15Cl2N3OS2. The summed E-state index contributed by atoms with van der Waals surface area (Å²) in [4.78, 5) is 12.3. The molecule has 118 valence electrons. The molecule has 1 amide bonds. The highest BCUT2D eigenvalue weighted by atomic mass is 35.5. The summed E-state index contributed by atoms with van der Waals surface area (Å²) < 4.78 is 0.789. The highest BCUT2D eigenvalue weighted by Gasteiger charge is 2.20. The summed E-state index contributed by atoms with van der Waals surface area (Å²) in [6.07, 6.45) is 0. The fourth-order valence-corrected chi connectivity index (χ4v) is 4.33. The van der Waals surface area contributed by atoms with E-state index in [4.69, 9.17) is 23.2 Å². The van der Waals surface area contributed by atoms with Crippen LogP contribution in [0.4, 0.5) is 0 Å². The largest absolute Gasteiger partial charge is 0.349 e. The zero-order valence-electron chi connectivity index (χ0n) is 12.3. The number of thioether (sulfide) groups is 1. The number of nitrogens with one attached hydrogen (secondary N) is 1. The normalized spacial score (nSPS) is 13.7. The molecule has 0 unspecified atom stereocenters. The van der Waals surface area contributed by atoms with E-state index in [0.717, 1.165) is 14.9 Å². The van der Waals surface area contributed by atoms with Gasteiger partial charge in [-0.05, 0) is 38.5 Å². The Hall–Kier alpha value is -0.820. The summed E-state index contributed by atoms with van der Waals surface area (Å²) in [6, 6.07) is 5.05. The molecule has 0 spiro atoms. The third-order valence-electron chi connectivity index (χ3n) is 2.94. The maximum atomic E-state index is 12.3. The first-order chi connectivity index (χ1) is 10.4. The molecule has 0 aliphatic rings. The molecule has 1 aromatic carbocycles. The highest BCUT2D eigenvalue weighted by molar-refractivity contribution is 8.02. The van der Waals surface area contributed by atoms with E-state index in [1.807, 2.05) is 26.8 Å². The number of aryl methyl sites for hydroxylation is 1. The number of aromatic nitrogens is 2. The molecule has 0 bridgehead atoms. The quantitative estimate of drug-likeness (QED) is 0.780. The molecule has 0 aliphatic carbocycles. The lowest BCUT2D eigenvalue weighted by Gasteiger charge is -2.18. The summed E-state index contributed by atoms with van der Waals surface area (Å²) in [6.45, 7) is 5.61. The molecule has 2 rings (SSSR count). The molecule has 0 fully saturated rings. The second-order valence-corrected chi connectivity index (χ2v) is 8.36. The zero-order chi connectivity index (χ0) is 16.3. The fourth-order valence-electron chi connectivity index (χ4n) is 1.79. The first kappa shape index (κ1) is 17.5. The van der Waals surface area contributed by atoms with Crippen molar-refractivity contribution in [3.05, 3.63) is 38.8 Å². The van der Waals surface area contributed by atoms with Crippen LogP contribution in [0, 0.1) is 6.92 Å². The predicted octanol–water partition coefficient (Wildman–Crippen LogP) is 4.51. The predicted molar refractivity (Wildman–Crippen MR) is 93.0 cm³/mol. The summed E-state index contributed by atoms with van der Waals surface area (Å²) in [7, 11) is 0. The van der Waals surface area contributed by atoms with E-state index in [2.05, 4.69) is 15.5 Å². The van der Waals surface area contributed by atoms with E-state index < -0.39 is 0 Å². The monoisotopic (exact) mass is 375 g/mol. The van der Waals surface area contributed by atoms with Crippen LogP contribution in [-0.4, -0.2) is 21.4 Å². The van der Waals surface area contributed by atoms with Gasteiger partial charge in [-0.3, -0.25) is 4.79 Å². The second kappa shape index (κ2) is 7.64. The highest BCUT2D eigenvalue weighted by Crippen LogP contribution is 2.28. The van der Waals surface area contributed by atoms with Crippen molar-refractivity contribution in [3.8, 4) is 0 Å². The van der Waals surface area contributed by atoms with Crippen LogP contribution in [-0.2, 0) is 4.79 Å². The van der Waals surface area contributed by atoms with Crippen LogP contribution in [0.5, 0.6) is 0 Å². The third-order valence-corrected chi connectivity index (χ3v) is 5.53. The molecule has 0 saturated heterocycles. The van der Waals surface area contributed by atoms with Gasteiger partial charge in [-0.15, -0.1) is 10.2 Å². The molecule has 1 aromatic heterocycles. The van der Waals surface area contributed by atoms with Crippen molar-refractivity contribution < 1.29 is 4.79 Å². The summed E-state index contributed by atoms with van der Waals surface area (Å²) >= 11 is 14.9. The van der Waals surface area contributed by atoms with Gasteiger partial charge in [0.15, 0.2) is 4.34 Å². The fraction of sp³-hybridized carbons (Fsp3) is 0.357. The molecule has 2 aromatic rings. The van der Waals surface area contributed by atoms with Crippen LogP contribution in [0.2, 0.25) is 10.0 Å². The third kappa shape index (κ3) is 4.59. The van der Waals surface area contributed by atoms with E-state index in [1.54, 1.807) is 12.1 Å². The van der Waals surface area contributed by atoms with Crippen molar-refractivity contribution >= 4 is 52.2 Å². The Morgan fingerprint density at radius 2 is 2.05 bits per heavy atom. The Morgan fingerprint density at radius 3 is 2.64 bits per heavy atom. The van der Waals surface area contributed by atoms with Crippen molar-refractivity contribution in [2.75, 3.05) is 0 Å². The van der Waals surface area contributed by atoms with Gasteiger partial charge in [-0.1, -0.05) is 52.4 Å². The van der Waals surface area contributed by atoms with Crippen LogP contribution in [0.1, 0.15) is 30.5 Å². The SMILES string of the molecule is Cc1nnc(S[C@@H](C)C(=O)N[C@H](C)c2ccc(Cl)cc2Cl)s1.